The Labute approximate surface area is 394 Å². The van der Waals surface area contributed by atoms with E-state index in [1.54, 1.807) is 55.4 Å². The molecule has 18 nitrogen and oxygen atoms in total. The fourth-order valence-corrected chi connectivity index (χ4v) is 8.14. The van der Waals surface area contributed by atoms with Crippen LogP contribution in [0, 0.1) is 41.4 Å². The maximum Gasteiger partial charge on any atom is 0.329 e. The van der Waals surface area contributed by atoms with Gasteiger partial charge in [0.25, 0.3) is 23.6 Å². The van der Waals surface area contributed by atoms with Gasteiger partial charge < -0.3 is 38.5 Å². The molecule has 1 saturated heterocycles. The Balaban J connectivity index is 4.27. The zero-order valence-electron chi connectivity index (χ0n) is 43.1. The van der Waals surface area contributed by atoms with Gasteiger partial charge in [0, 0.05) is 34.4 Å². The highest BCUT2D eigenvalue weighted by Gasteiger charge is 2.45. The highest BCUT2D eigenvalue weighted by atomic mass is 32.2. The minimum absolute atomic E-state index is 0.0671. The number of carbonyl (C=O) groups excluding carboxylic acids is 8. The molecule has 0 saturated carbocycles. The van der Waals surface area contributed by atoms with Gasteiger partial charge in [-0.15, -0.1) is 0 Å². The predicted molar refractivity (Wildman–Crippen MR) is 248 cm³/mol. The van der Waals surface area contributed by atoms with E-state index in [2.05, 4.69) is 0 Å². The van der Waals surface area contributed by atoms with E-state index in [-0.39, 0.29) is 37.0 Å². The average Bonchev–Trinajstić information content (AvgIpc) is 3.19. The molecule has 1 fully saturated rings. The van der Waals surface area contributed by atoms with Crippen molar-refractivity contribution in [3.8, 4) is 0 Å². The quantitative estimate of drug-likeness (QED) is 0.187. The van der Waals surface area contributed by atoms with E-state index in [1.165, 1.54) is 28.2 Å². The standard InChI is InChI=1S/C47H82N4O14S/c1-25(2)22-33-45(57)63-36(28(7)8)40(52)48(15)32(20-21-66(19,60)61)44(56)62-37(29(9)10)41(53)49(16)34(23-26(3)4)46(58)64-39(31(13)14)43(55)51(18)35(24-27(5)6)47(59)65-38(30(11)12)42(54)50(33)17/h25-39H,20-24H2,1-19H3. The van der Waals surface area contributed by atoms with Gasteiger partial charge in [0.15, 0.2) is 24.4 Å². The van der Waals surface area contributed by atoms with Crippen LogP contribution in [0.5, 0.6) is 0 Å². The van der Waals surface area contributed by atoms with Crippen molar-refractivity contribution >= 4 is 57.3 Å². The summed E-state index contributed by atoms with van der Waals surface area (Å²) in [6.07, 6.45) is -5.23. The summed E-state index contributed by atoms with van der Waals surface area (Å²) in [5.41, 5.74) is 0. The Bertz CT molecular complexity index is 1790. The lowest BCUT2D eigenvalue weighted by Crippen LogP contribution is -2.56. The van der Waals surface area contributed by atoms with Crippen LogP contribution in [-0.4, -0.2) is 164 Å². The number of sulfone groups is 1. The number of rotatable bonds is 13. The van der Waals surface area contributed by atoms with E-state index < -0.39 is 142 Å². The van der Waals surface area contributed by atoms with Crippen LogP contribution in [0.2, 0.25) is 0 Å². The first-order valence-electron chi connectivity index (χ1n) is 23.2. The zero-order chi connectivity index (χ0) is 51.5. The third-order valence-electron chi connectivity index (χ3n) is 11.6. The largest absolute Gasteiger partial charge is 0.450 e. The summed E-state index contributed by atoms with van der Waals surface area (Å²) in [5, 5.41) is 0. The summed E-state index contributed by atoms with van der Waals surface area (Å²) in [6, 6.07) is -5.42. The van der Waals surface area contributed by atoms with E-state index >= 15 is 0 Å². The van der Waals surface area contributed by atoms with E-state index in [1.807, 2.05) is 41.5 Å². The second kappa shape index (κ2) is 25.7. The van der Waals surface area contributed by atoms with Crippen LogP contribution >= 0.6 is 0 Å². The van der Waals surface area contributed by atoms with Crippen LogP contribution in [-0.2, 0) is 67.1 Å². The molecule has 0 aromatic carbocycles. The molecule has 1 aliphatic heterocycles. The lowest BCUT2D eigenvalue weighted by Gasteiger charge is -2.37. The first kappa shape index (κ1) is 59.7. The topological polar surface area (TPSA) is 221 Å². The smallest absolute Gasteiger partial charge is 0.329 e. The van der Waals surface area contributed by atoms with E-state index in [9.17, 15) is 46.8 Å². The van der Waals surface area contributed by atoms with Crippen molar-refractivity contribution < 1.29 is 65.7 Å². The molecule has 0 radical (unpaired) electrons. The number of carbonyl (C=O) groups is 8. The van der Waals surface area contributed by atoms with Crippen molar-refractivity contribution in [1.29, 1.82) is 0 Å². The third kappa shape index (κ3) is 17.1. The average molecular weight is 959 g/mol. The van der Waals surface area contributed by atoms with Gasteiger partial charge in [-0.05, 0) is 67.1 Å². The Morgan fingerprint density at radius 3 is 0.773 bits per heavy atom. The van der Waals surface area contributed by atoms with Gasteiger partial charge in [0.1, 0.15) is 34.0 Å². The molecule has 0 aliphatic carbocycles. The summed E-state index contributed by atoms with van der Waals surface area (Å²) in [7, 11) is 1.59. The highest BCUT2D eigenvalue weighted by molar-refractivity contribution is 7.90. The predicted octanol–water partition coefficient (Wildman–Crippen LogP) is 4.15. The van der Waals surface area contributed by atoms with Gasteiger partial charge in [0.05, 0.1) is 5.75 Å². The van der Waals surface area contributed by atoms with Gasteiger partial charge in [-0.1, -0.05) is 96.9 Å². The van der Waals surface area contributed by atoms with Crippen molar-refractivity contribution in [2.24, 2.45) is 41.4 Å². The second-order valence-corrected chi connectivity index (χ2v) is 22.8. The molecule has 19 heteroatoms. The normalized spacial score (nSPS) is 26.3. The number of nitrogens with zero attached hydrogens (tertiary/aromatic N) is 4. The molecule has 0 spiro atoms. The number of esters is 4. The molecule has 0 bridgehead atoms. The Hall–Kier alpha value is -4.29. The molecule has 1 aliphatic rings. The summed E-state index contributed by atoms with van der Waals surface area (Å²) >= 11 is 0. The number of hydrogen-bond donors (Lipinski definition) is 0. The summed E-state index contributed by atoms with van der Waals surface area (Å²) in [4.78, 5) is 119. The lowest BCUT2D eigenvalue weighted by atomic mass is 9.98. The van der Waals surface area contributed by atoms with Crippen molar-refractivity contribution in [3.63, 3.8) is 0 Å². The fourth-order valence-electron chi connectivity index (χ4n) is 7.49. The molecule has 1 rings (SSSR count). The van der Waals surface area contributed by atoms with Gasteiger partial charge in [-0.25, -0.2) is 27.6 Å². The molecule has 0 aromatic rings. The highest BCUT2D eigenvalue weighted by Crippen LogP contribution is 2.26. The lowest BCUT2D eigenvalue weighted by molar-refractivity contribution is -0.180. The minimum Gasteiger partial charge on any atom is -0.450 e. The number of hydrogen-bond acceptors (Lipinski definition) is 14. The molecule has 0 aromatic heterocycles. The number of ether oxygens (including phenoxy) is 4. The Morgan fingerprint density at radius 2 is 0.591 bits per heavy atom. The number of likely N-dealkylation sites (N-methyl/N-ethyl adjacent to an activating group) is 4. The molecule has 380 valence electrons. The Morgan fingerprint density at radius 1 is 0.394 bits per heavy atom. The van der Waals surface area contributed by atoms with Gasteiger partial charge in [0.2, 0.25) is 0 Å². The first-order chi connectivity index (χ1) is 30.2. The van der Waals surface area contributed by atoms with Crippen LogP contribution in [0.3, 0.4) is 0 Å². The molecule has 66 heavy (non-hydrogen) atoms. The monoisotopic (exact) mass is 959 g/mol. The van der Waals surface area contributed by atoms with E-state index in [4.69, 9.17) is 18.9 Å². The van der Waals surface area contributed by atoms with Gasteiger partial charge >= 0.3 is 23.9 Å². The molecule has 8 atom stereocenters. The number of amides is 4. The van der Waals surface area contributed by atoms with Crippen molar-refractivity contribution in [3.05, 3.63) is 0 Å². The third-order valence-corrected chi connectivity index (χ3v) is 12.5. The second-order valence-electron chi connectivity index (χ2n) is 20.6. The van der Waals surface area contributed by atoms with Crippen LogP contribution in [0.25, 0.3) is 0 Å². The van der Waals surface area contributed by atoms with Crippen LogP contribution in [0.4, 0.5) is 0 Å². The van der Waals surface area contributed by atoms with Crippen molar-refractivity contribution in [1.82, 2.24) is 19.6 Å². The maximum absolute atomic E-state index is 14.4. The summed E-state index contributed by atoms with van der Waals surface area (Å²) < 4.78 is 48.6. The van der Waals surface area contributed by atoms with Gasteiger partial charge in [-0.2, -0.15) is 0 Å². The molecular weight excluding hydrogens is 877 g/mol. The first-order valence-corrected chi connectivity index (χ1v) is 25.3. The molecule has 4 amide bonds. The number of cyclic esters (lactones) is 4. The molecule has 1 heterocycles. The summed E-state index contributed by atoms with van der Waals surface area (Å²) in [5.74, 6) is -10.8. The van der Waals surface area contributed by atoms with E-state index in [0.29, 0.717) is 0 Å². The maximum atomic E-state index is 14.4. The fraction of sp³-hybridized carbons (Fsp3) is 0.830. The van der Waals surface area contributed by atoms with Crippen molar-refractivity contribution in [2.75, 3.05) is 40.2 Å². The minimum atomic E-state index is -3.72. The van der Waals surface area contributed by atoms with E-state index in [0.717, 1.165) is 25.9 Å². The molecule has 8 unspecified atom stereocenters. The van der Waals surface area contributed by atoms with Crippen LogP contribution in [0.15, 0.2) is 0 Å². The van der Waals surface area contributed by atoms with Crippen molar-refractivity contribution in [2.45, 2.75) is 171 Å². The summed E-state index contributed by atoms with van der Waals surface area (Å²) in [6.45, 7) is 24.0. The Kier molecular flexibility index (Phi) is 23.3. The SMILES string of the molecule is CC(C)CC1C(=O)OC(C(C)C)C(=O)N(C)C(CCS(C)(=O)=O)C(=O)OC(C(C)C)C(=O)N(C)C(CC(C)C)C(=O)OC(C(C)C)C(=O)N(C)C(CC(C)C)C(=O)OC(C(C)C)C(=O)N1C. The van der Waals surface area contributed by atoms with Crippen LogP contribution in [0.1, 0.15) is 123 Å². The molecular formula is C47H82N4O14S. The zero-order valence-corrected chi connectivity index (χ0v) is 43.9. The molecule has 0 N–H and O–H groups in total. The van der Waals surface area contributed by atoms with Gasteiger partial charge in [-0.3, -0.25) is 19.2 Å². The van der Waals surface area contributed by atoms with Crippen LogP contribution < -0.4 is 0 Å².